The SMILES string of the molecule is O=C(CNC(=O)c1ccc(-c2ccc(C(=O)O)cc2)cc1)Cc1ccc(N2CCOCC2)cc1. The van der Waals surface area contributed by atoms with E-state index in [4.69, 9.17) is 9.84 Å². The van der Waals surface area contributed by atoms with E-state index in [2.05, 4.69) is 10.2 Å². The first-order valence-electron chi connectivity index (χ1n) is 11.1. The molecule has 0 spiro atoms. The topological polar surface area (TPSA) is 95.9 Å². The van der Waals surface area contributed by atoms with Crippen LogP contribution in [0, 0.1) is 0 Å². The lowest BCUT2D eigenvalue weighted by Gasteiger charge is -2.28. The van der Waals surface area contributed by atoms with Gasteiger partial charge in [0.25, 0.3) is 5.91 Å². The van der Waals surface area contributed by atoms with Gasteiger partial charge in [0.15, 0.2) is 5.78 Å². The Labute approximate surface area is 198 Å². The summed E-state index contributed by atoms with van der Waals surface area (Å²) in [5, 5.41) is 11.7. The zero-order valence-corrected chi connectivity index (χ0v) is 18.7. The first-order chi connectivity index (χ1) is 16.5. The van der Waals surface area contributed by atoms with Crippen molar-refractivity contribution in [1.29, 1.82) is 0 Å². The minimum Gasteiger partial charge on any atom is -0.478 e. The van der Waals surface area contributed by atoms with Crippen molar-refractivity contribution in [2.24, 2.45) is 0 Å². The van der Waals surface area contributed by atoms with Gasteiger partial charge in [-0.15, -0.1) is 0 Å². The fourth-order valence-electron chi connectivity index (χ4n) is 3.84. The number of ketones is 1. The molecule has 3 aromatic carbocycles. The number of carbonyl (C=O) groups excluding carboxylic acids is 2. The molecule has 34 heavy (non-hydrogen) atoms. The average molecular weight is 459 g/mol. The Bertz CT molecular complexity index is 1150. The summed E-state index contributed by atoms with van der Waals surface area (Å²) in [6.45, 7) is 3.14. The molecule has 1 heterocycles. The van der Waals surface area contributed by atoms with Gasteiger partial charge in [-0.2, -0.15) is 0 Å². The highest BCUT2D eigenvalue weighted by atomic mass is 16.5. The van der Waals surface area contributed by atoms with Gasteiger partial charge in [-0.25, -0.2) is 4.79 Å². The van der Waals surface area contributed by atoms with Crippen molar-refractivity contribution in [2.75, 3.05) is 37.7 Å². The van der Waals surface area contributed by atoms with Crippen molar-refractivity contribution >= 4 is 23.3 Å². The van der Waals surface area contributed by atoms with E-state index in [9.17, 15) is 14.4 Å². The highest BCUT2D eigenvalue weighted by Gasteiger charge is 2.13. The number of carboxylic acids is 1. The lowest BCUT2D eigenvalue weighted by Crippen LogP contribution is -2.36. The smallest absolute Gasteiger partial charge is 0.335 e. The standard InChI is InChI=1S/C27H26N2O5/c30-25(17-19-1-11-24(12-2-19)29-13-15-34-16-14-29)18-28-26(31)22-7-3-20(4-8-22)21-5-9-23(10-6-21)27(32)33/h1-12H,13-18H2,(H,28,31)(H,32,33). The summed E-state index contributed by atoms with van der Waals surface area (Å²) < 4.78 is 5.37. The highest BCUT2D eigenvalue weighted by Crippen LogP contribution is 2.21. The first-order valence-corrected chi connectivity index (χ1v) is 11.1. The van der Waals surface area contributed by atoms with Crippen LogP contribution in [0.5, 0.6) is 0 Å². The third-order valence-corrected chi connectivity index (χ3v) is 5.77. The van der Waals surface area contributed by atoms with Crippen LogP contribution in [0.15, 0.2) is 72.8 Å². The number of rotatable bonds is 8. The maximum Gasteiger partial charge on any atom is 0.335 e. The summed E-state index contributed by atoms with van der Waals surface area (Å²) in [7, 11) is 0. The molecule has 0 atom stereocenters. The van der Waals surface area contributed by atoms with Crippen LogP contribution in [0.4, 0.5) is 5.69 Å². The molecular formula is C27H26N2O5. The molecule has 174 valence electrons. The summed E-state index contributed by atoms with van der Waals surface area (Å²) in [4.78, 5) is 38.0. The van der Waals surface area contributed by atoms with Crippen molar-refractivity contribution in [3.05, 3.63) is 89.5 Å². The molecule has 3 aromatic rings. The number of nitrogens with zero attached hydrogens (tertiary/aromatic N) is 1. The molecule has 1 aliphatic heterocycles. The molecule has 4 rings (SSSR count). The predicted molar refractivity (Wildman–Crippen MR) is 129 cm³/mol. The number of hydrogen-bond donors (Lipinski definition) is 2. The molecule has 0 unspecified atom stereocenters. The van der Waals surface area contributed by atoms with E-state index in [1.165, 1.54) is 0 Å². The number of benzene rings is 3. The number of ether oxygens (including phenoxy) is 1. The second-order valence-corrected chi connectivity index (χ2v) is 8.12. The zero-order chi connectivity index (χ0) is 23.9. The van der Waals surface area contributed by atoms with Gasteiger partial charge in [0.1, 0.15) is 0 Å². The number of Topliss-reactive ketones (excluding diaryl/α,β-unsaturated/α-hetero) is 1. The van der Waals surface area contributed by atoms with E-state index in [-0.39, 0.29) is 30.2 Å². The quantitative estimate of drug-likeness (QED) is 0.537. The van der Waals surface area contributed by atoms with Crippen LogP contribution in [0.1, 0.15) is 26.3 Å². The molecule has 1 aliphatic rings. The molecule has 0 aliphatic carbocycles. The van der Waals surface area contributed by atoms with Crippen LogP contribution in [0.2, 0.25) is 0 Å². The number of amides is 1. The van der Waals surface area contributed by atoms with E-state index in [1.54, 1.807) is 48.5 Å². The van der Waals surface area contributed by atoms with Crippen molar-refractivity contribution in [2.45, 2.75) is 6.42 Å². The number of anilines is 1. The number of morpholine rings is 1. The van der Waals surface area contributed by atoms with Crippen LogP contribution in [-0.2, 0) is 16.0 Å². The Balaban J connectivity index is 1.27. The molecule has 1 saturated heterocycles. The minimum absolute atomic E-state index is 0.0392. The molecule has 0 aromatic heterocycles. The maximum atomic E-state index is 12.4. The predicted octanol–water partition coefficient (Wildman–Crippen LogP) is 3.43. The van der Waals surface area contributed by atoms with Crippen LogP contribution in [0.3, 0.4) is 0 Å². The number of aromatic carboxylic acids is 1. The Morgan fingerprint density at radius 3 is 1.91 bits per heavy atom. The van der Waals surface area contributed by atoms with E-state index < -0.39 is 5.97 Å². The van der Waals surface area contributed by atoms with Gasteiger partial charge in [0, 0.05) is 30.8 Å². The van der Waals surface area contributed by atoms with Crippen molar-refractivity contribution < 1.29 is 24.2 Å². The molecule has 0 saturated carbocycles. The van der Waals surface area contributed by atoms with Crippen LogP contribution in [0.25, 0.3) is 11.1 Å². The van der Waals surface area contributed by atoms with E-state index >= 15 is 0 Å². The summed E-state index contributed by atoms with van der Waals surface area (Å²) in [5.74, 6) is -1.36. The molecule has 0 radical (unpaired) electrons. The molecule has 7 heteroatoms. The normalized spacial score (nSPS) is 13.4. The number of carboxylic acid groups (broad SMARTS) is 1. The monoisotopic (exact) mass is 458 g/mol. The van der Waals surface area contributed by atoms with Crippen molar-refractivity contribution in [3.63, 3.8) is 0 Å². The van der Waals surface area contributed by atoms with Gasteiger partial charge in [0.05, 0.1) is 25.3 Å². The van der Waals surface area contributed by atoms with Gasteiger partial charge >= 0.3 is 5.97 Å². The third-order valence-electron chi connectivity index (χ3n) is 5.77. The Hall–Kier alpha value is -3.97. The molecule has 1 amide bonds. The molecule has 1 fully saturated rings. The number of hydrogen-bond acceptors (Lipinski definition) is 5. The van der Waals surface area contributed by atoms with Gasteiger partial charge in [-0.05, 0) is 53.1 Å². The van der Waals surface area contributed by atoms with Gasteiger partial charge < -0.3 is 20.1 Å². The van der Waals surface area contributed by atoms with E-state index in [0.29, 0.717) is 5.56 Å². The Morgan fingerprint density at radius 1 is 0.794 bits per heavy atom. The molecule has 7 nitrogen and oxygen atoms in total. The molecule has 2 N–H and O–H groups in total. The molecular weight excluding hydrogens is 432 g/mol. The van der Waals surface area contributed by atoms with E-state index in [1.807, 2.05) is 24.3 Å². The fraction of sp³-hybridized carbons (Fsp3) is 0.222. The van der Waals surface area contributed by atoms with Gasteiger partial charge in [-0.3, -0.25) is 9.59 Å². The highest BCUT2D eigenvalue weighted by molar-refractivity contribution is 5.97. The van der Waals surface area contributed by atoms with Crippen LogP contribution >= 0.6 is 0 Å². The van der Waals surface area contributed by atoms with Crippen molar-refractivity contribution in [3.8, 4) is 11.1 Å². The molecule has 0 bridgehead atoms. The number of carbonyl (C=O) groups is 3. The summed E-state index contributed by atoms with van der Waals surface area (Å²) in [6, 6.07) is 21.4. The van der Waals surface area contributed by atoms with Gasteiger partial charge in [-0.1, -0.05) is 36.4 Å². The third kappa shape index (κ3) is 5.88. The maximum absolute atomic E-state index is 12.4. The van der Waals surface area contributed by atoms with Crippen molar-refractivity contribution in [1.82, 2.24) is 5.32 Å². The Kier molecular flexibility index (Phi) is 7.34. The van der Waals surface area contributed by atoms with Crippen LogP contribution in [-0.4, -0.2) is 55.6 Å². The number of nitrogens with one attached hydrogen (secondary N) is 1. The van der Waals surface area contributed by atoms with Crippen LogP contribution < -0.4 is 10.2 Å². The average Bonchev–Trinajstić information content (AvgIpc) is 2.88. The Morgan fingerprint density at radius 2 is 1.35 bits per heavy atom. The second kappa shape index (κ2) is 10.8. The largest absolute Gasteiger partial charge is 0.478 e. The lowest BCUT2D eigenvalue weighted by molar-refractivity contribution is -0.117. The summed E-state index contributed by atoms with van der Waals surface area (Å²) in [6.07, 6.45) is 0.259. The summed E-state index contributed by atoms with van der Waals surface area (Å²) in [5.41, 5.74) is 4.42. The lowest BCUT2D eigenvalue weighted by atomic mass is 10.0. The first kappa shape index (κ1) is 23.2. The van der Waals surface area contributed by atoms with Gasteiger partial charge in [0.2, 0.25) is 0 Å². The second-order valence-electron chi connectivity index (χ2n) is 8.12. The van der Waals surface area contributed by atoms with E-state index in [0.717, 1.165) is 48.7 Å². The zero-order valence-electron chi connectivity index (χ0n) is 18.7. The fourth-order valence-corrected chi connectivity index (χ4v) is 3.84. The minimum atomic E-state index is -0.974. The summed E-state index contributed by atoms with van der Waals surface area (Å²) >= 11 is 0.